The van der Waals surface area contributed by atoms with E-state index in [0.29, 0.717) is 12.2 Å². The summed E-state index contributed by atoms with van der Waals surface area (Å²) in [6, 6.07) is -2.09. The monoisotopic (exact) mass is 753 g/mol. The van der Waals surface area contributed by atoms with Crippen molar-refractivity contribution in [2.45, 2.75) is 36.4 Å². The van der Waals surface area contributed by atoms with Gasteiger partial charge in [0, 0.05) is 4.92 Å². The van der Waals surface area contributed by atoms with Crippen LogP contribution in [0.2, 0.25) is 5.28 Å². The molecular formula is C16H15ClN7O20P3. The van der Waals surface area contributed by atoms with Crippen LogP contribution in [0.25, 0.3) is 11.2 Å². The number of phosphoric acid groups is 3. The van der Waals surface area contributed by atoms with Gasteiger partial charge in [0.2, 0.25) is 5.28 Å². The molecule has 3 aliphatic rings. The van der Waals surface area contributed by atoms with Gasteiger partial charge in [-0.2, -0.15) is 13.6 Å². The molecule has 2 fully saturated rings. The highest BCUT2D eigenvalue weighted by molar-refractivity contribution is 7.66. The number of halogens is 1. The highest BCUT2D eigenvalue weighted by Gasteiger charge is 2.71. The zero-order valence-electron chi connectivity index (χ0n) is 22.0. The molecule has 256 valence electrons. The molecule has 27 nitrogen and oxygen atoms in total. The number of nitrogens with one attached hydrogen (secondary N) is 1. The fraction of sp³-hybridized carbons (Fsp3) is 0.438. The molecule has 31 heteroatoms. The average Bonchev–Trinajstić information content (AvgIpc) is 3.57. The molecule has 6 unspecified atom stereocenters. The first kappa shape index (κ1) is 34.9. The van der Waals surface area contributed by atoms with Crippen LogP contribution in [-0.4, -0.2) is 90.6 Å². The van der Waals surface area contributed by atoms with Crippen molar-refractivity contribution < 1.29 is 75.4 Å². The Morgan fingerprint density at radius 2 is 1.60 bits per heavy atom. The van der Waals surface area contributed by atoms with Gasteiger partial charge in [0.25, 0.3) is 11.6 Å². The maximum atomic E-state index is 12.4. The summed E-state index contributed by atoms with van der Waals surface area (Å²) in [5.74, 6) is -3.09. The third-order valence-corrected chi connectivity index (χ3v) is 10.3. The van der Waals surface area contributed by atoms with Crippen molar-refractivity contribution in [1.82, 2.24) is 19.5 Å². The van der Waals surface area contributed by atoms with Crippen LogP contribution in [-0.2, 0) is 41.1 Å². The largest absolute Gasteiger partial charge is 0.490 e. The fourth-order valence-corrected chi connectivity index (χ4v) is 7.94. The highest BCUT2D eigenvalue weighted by Crippen LogP contribution is 2.66. The second-order valence-corrected chi connectivity index (χ2v) is 14.1. The molecule has 0 bridgehead atoms. The third kappa shape index (κ3) is 6.81. The van der Waals surface area contributed by atoms with Gasteiger partial charge in [0.1, 0.15) is 18.3 Å². The molecule has 2 aromatic rings. The van der Waals surface area contributed by atoms with E-state index >= 15 is 0 Å². The Hall–Kier alpha value is -3.39. The van der Waals surface area contributed by atoms with Gasteiger partial charge in [0.15, 0.2) is 17.4 Å². The highest BCUT2D eigenvalue weighted by atomic mass is 35.5. The van der Waals surface area contributed by atoms with Crippen molar-refractivity contribution in [2.24, 2.45) is 0 Å². The number of aromatic nitrogens is 4. The Balaban J connectivity index is 1.55. The van der Waals surface area contributed by atoms with Crippen LogP contribution in [0.3, 0.4) is 0 Å². The summed E-state index contributed by atoms with van der Waals surface area (Å²) in [7, 11) is -17.5. The number of phosphoric ester groups is 1. The number of ether oxygens (including phenoxy) is 3. The average molecular weight is 754 g/mol. The Labute approximate surface area is 260 Å². The zero-order valence-corrected chi connectivity index (χ0v) is 25.5. The van der Waals surface area contributed by atoms with E-state index in [1.165, 1.54) is 0 Å². The first-order valence-corrected chi connectivity index (χ1v) is 16.8. The van der Waals surface area contributed by atoms with E-state index in [2.05, 4.69) is 28.1 Å². The summed E-state index contributed by atoms with van der Waals surface area (Å²) in [6.07, 6.45) is -5.32. The van der Waals surface area contributed by atoms with Crippen LogP contribution in [0.4, 0.5) is 0 Å². The lowest BCUT2D eigenvalue weighted by molar-refractivity contribution is -0.522. The van der Waals surface area contributed by atoms with Crippen molar-refractivity contribution in [3.63, 3.8) is 0 Å². The molecule has 47 heavy (non-hydrogen) atoms. The molecule has 2 aliphatic heterocycles. The van der Waals surface area contributed by atoms with Crippen molar-refractivity contribution in [2.75, 3.05) is 6.61 Å². The number of aromatic amines is 1. The minimum absolute atomic E-state index is 0.312. The van der Waals surface area contributed by atoms with E-state index < -0.39 is 103 Å². The van der Waals surface area contributed by atoms with E-state index in [-0.39, 0.29) is 11.2 Å². The van der Waals surface area contributed by atoms with Crippen LogP contribution >= 0.6 is 35.1 Å². The number of hydrogen-bond acceptors (Lipinski definition) is 18. The topological polar surface area (TPSA) is 380 Å². The van der Waals surface area contributed by atoms with E-state index in [4.69, 9.17) is 35.6 Å². The molecule has 1 aliphatic carbocycles. The number of fused-ring (bicyclic) bond motifs is 2. The first-order valence-electron chi connectivity index (χ1n) is 11.9. The Bertz CT molecular complexity index is 1920. The van der Waals surface area contributed by atoms with Crippen molar-refractivity contribution >= 4 is 46.2 Å². The second kappa shape index (κ2) is 11.9. The molecule has 0 radical (unpaired) electrons. The number of nitrogens with zero attached hydrogens (tertiary/aromatic N) is 6. The van der Waals surface area contributed by atoms with Crippen LogP contribution in [0.1, 0.15) is 6.23 Å². The number of rotatable bonds is 11. The number of nitro groups is 3. The molecule has 0 amide bonds. The third-order valence-electron chi connectivity index (χ3n) is 6.35. The molecule has 6 atom stereocenters. The van der Waals surface area contributed by atoms with Gasteiger partial charge in [-0.3, -0.25) is 49.2 Å². The van der Waals surface area contributed by atoms with Gasteiger partial charge < -0.3 is 33.8 Å². The maximum absolute atomic E-state index is 12.4. The van der Waals surface area contributed by atoms with Gasteiger partial charge in [0.05, 0.1) is 34.9 Å². The fourth-order valence-electron chi connectivity index (χ4n) is 4.75. The van der Waals surface area contributed by atoms with Crippen molar-refractivity contribution in [3.8, 4) is 0 Å². The Morgan fingerprint density at radius 3 is 2.15 bits per heavy atom. The minimum atomic E-state index is -5.97. The minimum Gasteiger partial charge on any atom is -0.347 e. The summed E-state index contributed by atoms with van der Waals surface area (Å²) >= 11 is 5.84. The maximum Gasteiger partial charge on any atom is 0.490 e. The van der Waals surface area contributed by atoms with E-state index in [9.17, 15) is 58.6 Å². The Morgan fingerprint density at radius 1 is 1.00 bits per heavy atom. The number of imidazole rings is 1. The summed E-state index contributed by atoms with van der Waals surface area (Å²) < 4.78 is 65.0. The van der Waals surface area contributed by atoms with Crippen molar-refractivity contribution in [3.05, 3.63) is 75.9 Å². The second-order valence-electron chi connectivity index (χ2n) is 9.31. The van der Waals surface area contributed by atoms with Crippen molar-refractivity contribution in [1.29, 1.82) is 0 Å². The Kier molecular flexibility index (Phi) is 8.87. The number of hydrogen-bond donors (Lipinski definition) is 5. The zero-order chi connectivity index (χ0) is 34.9. The molecule has 0 saturated carbocycles. The predicted molar refractivity (Wildman–Crippen MR) is 140 cm³/mol. The smallest absolute Gasteiger partial charge is 0.347 e. The van der Waals surface area contributed by atoms with Gasteiger partial charge in [-0.05, 0) is 11.6 Å². The summed E-state index contributed by atoms with van der Waals surface area (Å²) in [5, 5.41) is 35.1. The lowest BCUT2D eigenvalue weighted by atomic mass is 9.99. The normalized spacial score (nSPS) is 29.9. The van der Waals surface area contributed by atoms with Gasteiger partial charge in [-0.15, -0.1) is 0 Å². The summed E-state index contributed by atoms with van der Waals surface area (Å²) in [6.45, 7) is -1.26. The SMILES string of the molecule is O=c1[nH]c(Cl)nc2c1ncn2C1OC(COP(=O)(O)OP(=O)(O)OP(=O)(O)O)C2OC3(OC21)C([N+](=O)[O-])=CC([N+](=O)[O-])C=C3[N+](=O)[O-]. The van der Waals surface area contributed by atoms with Crippen LogP contribution in [0.15, 0.2) is 34.7 Å². The molecule has 2 aromatic heterocycles. The lowest BCUT2D eigenvalue weighted by Gasteiger charge is -2.28. The van der Waals surface area contributed by atoms with Crippen LogP contribution in [0, 0.1) is 30.3 Å². The first-order chi connectivity index (χ1) is 21.6. The van der Waals surface area contributed by atoms with Crippen LogP contribution in [0.5, 0.6) is 0 Å². The number of H-pyrrole nitrogens is 1. The molecule has 2 saturated heterocycles. The van der Waals surface area contributed by atoms with Gasteiger partial charge in [-0.1, -0.05) is 0 Å². The molecular weight excluding hydrogens is 739 g/mol. The standard InChI is InChI=1S/C16H15ClN7O20P3/c17-15-19-12-9(13(25)20-15)18-4-21(12)14-11-10(6(40-14)3-39-46(35,36)44-47(37,38)43-45(32,33)34)41-16(42-11)7(23(28)29)1-5(22(26)27)2-8(16)24(30)31/h1-2,4-6,10-11,14H,3H2,(H,35,36)(H,37,38)(H,19,20,25)(H2,32,33,34). The molecule has 1 spiro atoms. The van der Waals surface area contributed by atoms with E-state index in [0.717, 1.165) is 10.9 Å². The predicted octanol–water partition coefficient (Wildman–Crippen LogP) is -0.526. The van der Waals surface area contributed by atoms with E-state index in [1.54, 1.807) is 0 Å². The molecule has 0 aromatic carbocycles. The van der Waals surface area contributed by atoms with Crippen LogP contribution < -0.4 is 5.56 Å². The summed E-state index contributed by atoms with van der Waals surface area (Å²) in [4.78, 5) is 91.0. The van der Waals surface area contributed by atoms with E-state index in [1.807, 2.05) is 0 Å². The van der Waals surface area contributed by atoms with Gasteiger partial charge in [-0.25, -0.2) is 18.7 Å². The molecule has 5 N–H and O–H groups in total. The lowest BCUT2D eigenvalue weighted by Crippen LogP contribution is -2.47. The summed E-state index contributed by atoms with van der Waals surface area (Å²) in [5.41, 5.74) is -4.15. The molecule has 4 heterocycles. The van der Waals surface area contributed by atoms with Gasteiger partial charge >= 0.3 is 40.6 Å². The molecule has 5 rings (SSSR count). The quantitative estimate of drug-likeness (QED) is 0.0833.